The van der Waals surface area contributed by atoms with Gasteiger partial charge in [0.05, 0.1) is 16.8 Å². The Morgan fingerprint density at radius 1 is 0.780 bits per heavy atom. The second kappa shape index (κ2) is 14.8. The monoisotopic (exact) mass is 576 g/mol. The summed E-state index contributed by atoms with van der Waals surface area (Å²) in [5, 5.41) is 21.3. The number of halogens is 4. The maximum Gasteiger partial charge on any atom is 0.329 e. The molecule has 12 nitrogen and oxygen atoms in total. The standard InChI is InChI=1S/C12H11F2N5O2.C12H13F2N5.CH4/c1-2-15-11-9(19(20)21)6-16-12(18-11)17-10-7(13)4-3-5-8(10)14;1-2-16-11-9(15)6-17-12(19-11)18-10-7(13)4-3-5-8(10)14;/h3-6H,2H2,1H3,(H2,15,16,17,18);3-6H,2,15H2,1H3,(H2,16,17,18,19);1H4. The van der Waals surface area contributed by atoms with Crippen LogP contribution in [0.1, 0.15) is 21.3 Å². The fourth-order valence-corrected chi connectivity index (χ4v) is 3.09. The molecule has 0 amide bonds. The van der Waals surface area contributed by atoms with E-state index in [2.05, 4.69) is 41.2 Å². The Morgan fingerprint density at radius 2 is 1.20 bits per heavy atom. The van der Waals surface area contributed by atoms with Gasteiger partial charge in [0.25, 0.3) is 0 Å². The van der Waals surface area contributed by atoms with Gasteiger partial charge >= 0.3 is 5.69 Å². The highest BCUT2D eigenvalue weighted by Gasteiger charge is 2.18. The van der Waals surface area contributed by atoms with Gasteiger partial charge in [0, 0.05) is 13.1 Å². The molecule has 6 N–H and O–H groups in total. The molecule has 0 saturated heterocycles. The molecule has 218 valence electrons. The average molecular weight is 577 g/mol. The molecule has 0 saturated carbocycles. The summed E-state index contributed by atoms with van der Waals surface area (Å²) < 4.78 is 54.0. The number of hydrogen-bond acceptors (Lipinski definition) is 11. The minimum Gasteiger partial charge on any atom is -0.394 e. The van der Waals surface area contributed by atoms with Crippen molar-refractivity contribution in [1.29, 1.82) is 0 Å². The summed E-state index contributed by atoms with van der Waals surface area (Å²) in [5.41, 5.74) is 4.99. The van der Waals surface area contributed by atoms with Crippen LogP contribution in [0.2, 0.25) is 0 Å². The highest BCUT2D eigenvalue weighted by atomic mass is 19.1. The van der Waals surface area contributed by atoms with Gasteiger partial charge in [-0.15, -0.1) is 0 Å². The largest absolute Gasteiger partial charge is 0.394 e. The number of para-hydroxylation sites is 2. The van der Waals surface area contributed by atoms with Gasteiger partial charge in [0.2, 0.25) is 17.7 Å². The molecule has 41 heavy (non-hydrogen) atoms. The van der Waals surface area contributed by atoms with Crippen molar-refractivity contribution in [3.05, 3.63) is 82.2 Å². The van der Waals surface area contributed by atoms with Crippen LogP contribution in [0.15, 0.2) is 48.8 Å². The molecule has 0 aliphatic carbocycles. The van der Waals surface area contributed by atoms with Gasteiger partial charge in [-0.3, -0.25) is 10.1 Å². The third-order valence-electron chi connectivity index (χ3n) is 4.87. The maximum absolute atomic E-state index is 13.5. The number of aromatic nitrogens is 4. The summed E-state index contributed by atoms with van der Waals surface area (Å²) in [6.45, 7) is 4.63. The molecular weight excluding hydrogens is 548 g/mol. The molecule has 4 aromatic rings. The van der Waals surface area contributed by atoms with Crippen molar-refractivity contribution in [3.8, 4) is 0 Å². The van der Waals surface area contributed by atoms with Crippen molar-refractivity contribution in [2.75, 3.05) is 40.1 Å². The molecule has 0 radical (unpaired) electrons. The predicted molar refractivity (Wildman–Crippen MR) is 149 cm³/mol. The Hall–Kier alpha value is -5.28. The Morgan fingerprint density at radius 3 is 1.63 bits per heavy atom. The molecule has 2 heterocycles. The summed E-state index contributed by atoms with van der Waals surface area (Å²) in [4.78, 5) is 25.6. The van der Waals surface area contributed by atoms with Gasteiger partial charge in [0.1, 0.15) is 40.8 Å². The third kappa shape index (κ3) is 8.35. The second-order valence-corrected chi connectivity index (χ2v) is 7.69. The first-order valence-corrected chi connectivity index (χ1v) is 11.7. The van der Waals surface area contributed by atoms with E-state index in [-0.39, 0.29) is 36.5 Å². The van der Waals surface area contributed by atoms with Gasteiger partial charge in [-0.25, -0.2) is 27.5 Å². The van der Waals surface area contributed by atoms with E-state index in [0.29, 0.717) is 24.6 Å². The van der Waals surface area contributed by atoms with Crippen LogP contribution in [0, 0.1) is 33.4 Å². The topological polar surface area (TPSA) is 169 Å². The normalized spacial score (nSPS) is 10.0. The van der Waals surface area contributed by atoms with Crippen molar-refractivity contribution >= 4 is 46.3 Å². The number of nitrogen functional groups attached to an aromatic ring is 1. The van der Waals surface area contributed by atoms with E-state index in [4.69, 9.17) is 5.73 Å². The van der Waals surface area contributed by atoms with Crippen LogP contribution in [0.5, 0.6) is 0 Å². The predicted octanol–water partition coefficient (Wildman–Crippen LogP) is 5.99. The maximum atomic E-state index is 13.5. The summed E-state index contributed by atoms with van der Waals surface area (Å²) in [5.74, 6) is -2.78. The molecule has 4 rings (SSSR count). The highest BCUT2D eigenvalue weighted by molar-refractivity contribution is 5.64. The molecular formula is C25H28F4N10O2. The van der Waals surface area contributed by atoms with Gasteiger partial charge in [-0.2, -0.15) is 9.97 Å². The smallest absolute Gasteiger partial charge is 0.329 e. The lowest BCUT2D eigenvalue weighted by Gasteiger charge is -2.10. The Balaban J connectivity index is 0.000000281. The molecule has 0 fully saturated rings. The summed E-state index contributed by atoms with van der Waals surface area (Å²) >= 11 is 0. The molecule has 2 aromatic heterocycles. The van der Waals surface area contributed by atoms with Gasteiger partial charge in [-0.05, 0) is 38.1 Å². The van der Waals surface area contributed by atoms with Crippen LogP contribution in [0.25, 0.3) is 0 Å². The van der Waals surface area contributed by atoms with Crippen molar-refractivity contribution in [3.63, 3.8) is 0 Å². The number of nitro groups is 1. The first kappa shape index (κ1) is 31.9. The molecule has 0 unspecified atom stereocenters. The third-order valence-corrected chi connectivity index (χ3v) is 4.87. The number of nitrogens with one attached hydrogen (secondary N) is 4. The van der Waals surface area contributed by atoms with E-state index < -0.39 is 33.9 Å². The van der Waals surface area contributed by atoms with Crippen LogP contribution >= 0.6 is 0 Å². The first-order chi connectivity index (χ1) is 19.1. The minimum atomic E-state index is -0.818. The molecule has 0 spiro atoms. The number of nitrogens with zero attached hydrogens (tertiary/aromatic N) is 5. The lowest BCUT2D eigenvalue weighted by molar-refractivity contribution is -0.384. The van der Waals surface area contributed by atoms with Crippen LogP contribution in [-0.4, -0.2) is 37.9 Å². The number of anilines is 7. The average Bonchev–Trinajstić information content (AvgIpc) is 2.91. The Bertz CT molecular complexity index is 1450. The zero-order chi connectivity index (χ0) is 29.2. The lowest BCUT2D eigenvalue weighted by atomic mass is 10.3. The minimum absolute atomic E-state index is 0. The molecule has 0 aliphatic heterocycles. The first-order valence-electron chi connectivity index (χ1n) is 11.7. The van der Waals surface area contributed by atoms with Gasteiger partial charge < -0.3 is 27.0 Å². The van der Waals surface area contributed by atoms with E-state index in [1.54, 1.807) is 6.92 Å². The van der Waals surface area contributed by atoms with Crippen molar-refractivity contribution in [2.45, 2.75) is 21.3 Å². The number of hydrogen-bond donors (Lipinski definition) is 5. The fraction of sp³-hybridized carbons (Fsp3) is 0.200. The fourth-order valence-electron chi connectivity index (χ4n) is 3.09. The molecule has 0 atom stereocenters. The Labute approximate surface area is 232 Å². The van der Waals surface area contributed by atoms with E-state index in [1.807, 2.05) is 6.92 Å². The van der Waals surface area contributed by atoms with Crippen molar-refractivity contribution < 1.29 is 22.5 Å². The summed E-state index contributed by atoms with van der Waals surface area (Å²) in [7, 11) is 0. The second-order valence-electron chi connectivity index (χ2n) is 7.69. The number of rotatable bonds is 9. The summed E-state index contributed by atoms with van der Waals surface area (Å²) in [6.07, 6.45) is 2.33. The molecule has 16 heteroatoms. The van der Waals surface area contributed by atoms with Crippen LogP contribution in [0.4, 0.5) is 63.8 Å². The van der Waals surface area contributed by atoms with E-state index >= 15 is 0 Å². The van der Waals surface area contributed by atoms with E-state index in [0.717, 1.165) is 30.5 Å². The van der Waals surface area contributed by atoms with E-state index in [1.165, 1.54) is 18.3 Å². The SMILES string of the molecule is C.CCNc1nc(Nc2c(F)cccc2F)ncc1N.CCNc1nc(Nc2c(F)cccc2F)ncc1[N+](=O)[O-]. The zero-order valence-corrected chi connectivity index (χ0v) is 21.2. The van der Waals surface area contributed by atoms with Gasteiger partial charge in [-0.1, -0.05) is 19.6 Å². The van der Waals surface area contributed by atoms with Crippen molar-refractivity contribution in [2.24, 2.45) is 0 Å². The Kier molecular flexibility index (Phi) is 11.5. The van der Waals surface area contributed by atoms with Crippen LogP contribution in [0.3, 0.4) is 0 Å². The number of nitrogens with two attached hydrogens (primary N) is 1. The summed E-state index contributed by atoms with van der Waals surface area (Å²) in [6, 6.07) is 6.94. The number of benzene rings is 2. The van der Waals surface area contributed by atoms with Gasteiger partial charge in [0.15, 0.2) is 5.82 Å². The van der Waals surface area contributed by atoms with Crippen LogP contribution in [-0.2, 0) is 0 Å². The lowest BCUT2D eigenvalue weighted by Crippen LogP contribution is -2.08. The molecule has 0 aliphatic rings. The molecule has 0 bridgehead atoms. The van der Waals surface area contributed by atoms with Crippen LogP contribution < -0.4 is 27.0 Å². The zero-order valence-electron chi connectivity index (χ0n) is 21.2. The highest BCUT2D eigenvalue weighted by Crippen LogP contribution is 2.26. The molecule has 2 aromatic carbocycles. The van der Waals surface area contributed by atoms with E-state index in [9.17, 15) is 27.7 Å². The van der Waals surface area contributed by atoms with Crippen molar-refractivity contribution in [1.82, 2.24) is 19.9 Å². The quantitative estimate of drug-likeness (QED) is 0.0901.